The van der Waals surface area contributed by atoms with Gasteiger partial charge in [0.1, 0.15) is 17.5 Å². The molecule has 1 amide bonds. The van der Waals surface area contributed by atoms with Crippen LogP contribution in [0.15, 0.2) is 12.1 Å². The molecule has 0 aliphatic rings. The predicted octanol–water partition coefficient (Wildman–Crippen LogP) is 1.74. The minimum atomic E-state index is -1.00. The van der Waals surface area contributed by atoms with Crippen molar-refractivity contribution in [1.82, 2.24) is 5.32 Å². The van der Waals surface area contributed by atoms with Crippen molar-refractivity contribution >= 4 is 5.91 Å². The first-order valence-corrected chi connectivity index (χ1v) is 3.88. The van der Waals surface area contributed by atoms with Crippen molar-refractivity contribution in [1.29, 1.82) is 0 Å². The highest BCUT2D eigenvalue weighted by Crippen LogP contribution is 2.14. The molecule has 0 aliphatic heterocycles. The second-order valence-electron chi connectivity index (χ2n) is 2.76. The van der Waals surface area contributed by atoms with Gasteiger partial charge in [0.05, 0.1) is 0 Å². The van der Waals surface area contributed by atoms with Gasteiger partial charge < -0.3 is 5.32 Å². The highest BCUT2D eigenvalue weighted by atomic mass is 19.1. The molecular formula is C9H8F3NO. The molecule has 0 saturated carbocycles. The Kier molecular flexibility index (Phi) is 3.11. The molecular weight excluding hydrogens is 195 g/mol. The third-order valence-electron chi connectivity index (χ3n) is 1.62. The number of amides is 1. The van der Waals surface area contributed by atoms with E-state index in [9.17, 15) is 18.0 Å². The first-order valence-electron chi connectivity index (χ1n) is 3.88. The van der Waals surface area contributed by atoms with Gasteiger partial charge in [-0.2, -0.15) is 0 Å². The molecule has 1 aromatic rings. The Bertz CT molecular complexity index is 342. The Balaban J connectivity index is 2.91. The summed E-state index contributed by atoms with van der Waals surface area (Å²) >= 11 is 0. The zero-order valence-corrected chi connectivity index (χ0v) is 7.40. The molecule has 0 atom stereocenters. The highest BCUT2D eigenvalue weighted by molar-refractivity contribution is 5.72. The summed E-state index contributed by atoms with van der Waals surface area (Å²) in [5.74, 6) is -3.40. The number of carbonyl (C=O) groups excluding carboxylic acids is 1. The summed E-state index contributed by atoms with van der Waals surface area (Å²) in [4.78, 5) is 10.5. The van der Waals surface area contributed by atoms with Crippen LogP contribution in [-0.2, 0) is 11.3 Å². The fraction of sp³-hybridized carbons (Fsp3) is 0.222. The zero-order chi connectivity index (χ0) is 10.7. The molecule has 0 spiro atoms. The predicted molar refractivity (Wildman–Crippen MR) is 43.8 cm³/mol. The van der Waals surface area contributed by atoms with Crippen molar-refractivity contribution in [2.24, 2.45) is 0 Å². The van der Waals surface area contributed by atoms with Gasteiger partial charge in [0.15, 0.2) is 0 Å². The van der Waals surface area contributed by atoms with Crippen LogP contribution in [0.1, 0.15) is 12.5 Å². The molecule has 0 aromatic heterocycles. The smallest absolute Gasteiger partial charge is 0.217 e. The van der Waals surface area contributed by atoms with E-state index in [4.69, 9.17) is 0 Å². The Morgan fingerprint density at radius 3 is 2.21 bits per heavy atom. The molecule has 5 heteroatoms. The van der Waals surface area contributed by atoms with Gasteiger partial charge in [-0.3, -0.25) is 4.79 Å². The second kappa shape index (κ2) is 4.13. The second-order valence-corrected chi connectivity index (χ2v) is 2.76. The molecule has 0 unspecified atom stereocenters. The SMILES string of the molecule is CC(=O)NCc1c(F)cc(F)cc1F. The van der Waals surface area contributed by atoms with Crippen molar-refractivity contribution < 1.29 is 18.0 Å². The Morgan fingerprint density at radius 1 is 1.29 bits per heavy atom. The van der Waals surface area contributed by atoms with E-state index in [-0.39, 0.29) is 12.1 Å². The van der Waals surface area contributed by atoms with Crippen molar-refractivity contribution in [3.05, 3.63) is 35.1 Å². The molecule has 0 radical (unpaired) electrons. The molecule has 1 rings (SSSR count). The summed E-state index contributed by atoms with van der Waals surface area (Å²) < 4.78 is 38.3. The normalized spacial score (nSPS) is 10.0. The maximum atomic E-state index is 12.9. The van der Waals surface area contributed by atoms with Gasteiger partial charge in [0.25, 0.3) is 0 Å². The molecule has 0 aliphatic carbocycles. The van der Waals surface area contributed by atoms with Gasteiger partial charge in [0.2, 0.25) is 5.91 Å². The number of carbonyl (C=O) groups is 1. The molecule has 1 aromatic carbocycles. The molecule has 0 heterocycles. The third-order valence-corrected chi connectivity index (χ3v) is 1.62. The lowest BCUT2D eigenvalue weighted by molar-refractivity contribution is -0.119. The average molecular weight is 203 g/mol. The maximum Gasteiger partial charge on any atom is 0.217 e. The molecule has 0 saturated heterocycles. The van der Waals surface area contributed by atoms with E-state index in [0.717, 1.165) is 0 Å². The van der Waals surface area contributed by atoms with E-state index in [1.807, 2.05) is 0 Å². The monoisotopic (exact) mass is 203 g/mol. The Labute approximate surface area is 78.7 Å². The lowest BCUT2D eigenvalue weighted by atomic mass is 10.2. The van der Waals surface area contributed by atoms with Crippen LogP contribution in [-0.4, -0.2) is 5.91 Å². The summed E-state index contributed by atoms with van der Waals surface area (Å²) in [6.45, 7) is 0.937. The first kappa shape index (κ1) is 10.6. The van der Waals surface area contributed by atoms with Crippen LogP contribution < -0.4 is 5.32 Å². The van der Waals surface area contributed by atoms with Crippen LogP contribution in [0, 0.1) is 17.5 Å². The quantitative estimate of drug-likeness (QED) is 0.779. The van der Waals surface area contributed by atoms with Crippen molar-refractivity contribution in [2.75, 3.05) is 0 Å². The van der Waals surface area contributed by atoms with Gasteiger partial charge in [-0.1, -0.05) is 0 Å². The van der Waals surface area contributed by atoms with E-state index in [1.54, 1.807) is 0 Å². The summed E-state index contributed by atoms with van der Waals surface area (Å²) in [6, 6.07) is 1.14. The van der Waals surface area contributed by atoms with Gasteiger partial charge >= 0.3 is 0 Å². The third kappa shape index (κ3) is 2.48. The fourth-order valence-electron chi connectivity index (χ4n) is 0.954. The number of hydrogen-bond donors (Lipinski definition) is 1. The lowest BCUT2D eigenvalue weighted by Gasteiger charge is -2.05. The summed E-state index contributed by atoms with van der Waals surface area (Å²) in [7, 11) is 0. The number of halogens is 3. The summed E-state index contributed by atoms with van der Waals surface area (Å²) in [6.07, 6.45) is 0. The summed E-state index contributed by atoms with van der Waals surface area (Å²) in [5, 5.41) is 2.22. The Hall–Kier alpha value is -1.52. The number of benzene rings is 1. The van der Waals surface area contributed by atoms with E-state index < -0.39 is 23.4 Å². The number of rotatable bonds is 2. The van der Waals surface area contributed by atoms with Crippen molar-refractivity contribution in [3.63, 3.8) is 0 Å². The van der Waals surface area contributed by atoms with Gasteiger partial charge in [0, 0.05) is 31.2 Å². The summed E-state index contributed by atoms with van der Waals surface area (Å²) in [5.41, 5.74) is -0.346. The van der Waals surface area contributed by atoms with E-state index in [0.29, 0.717) is 12.1 Å². The molecule has 76 valence electrons. The van der Waals surface area contributed by atoms with Crippen LogP contribution in [0.2, 0.25) is 0 Å². The van der Waals surface area contributed by atoms with Crippen LogP contribution in [0.25, 0.3) is 0 Å². The molecule has 2 nitrogen and oxygen atoms in total. The van der Waals surface area contributed by atoms with E-state index >= 15 is 0 Å². The van der Waals surface area contributed by atoms with Crippen LogP contribution >= 0.6 is 0 Å². The molecule has 14 heavy (non-hydrogen) atoms. The zero-order valence-electron chi connectivity index (χ0n) is 7.40. The maximum absolute atomic E-state index is 12.9. The molecule has 0 bridgehead atoms. The topological polar surface area (TPSA) is 29.1 Å². The highest BCUT2D eigenvalue weighted by Gasteiger charge is 2.11. The van der Waals surface area contributed by atoms with Crippen molar-refractivity contribution in [2.45, 2.75) is 13.5 Å². The number of hydrogen-bond acceptors (Lipinski definition) is 1. The van der Waals surface area contributed by atoms with E-state index in [2.05, 4.69) is 5.32 Å². The Morgan fingerprint density at radius 2 is 1.79 bits per heavy atom. The largest absolute Gasteiger partial charge is 0.352 e. The lowest BCUT2D eigenvalue weighted by Crippen LogP contribution is -2.20. The van der Waals surface area contributed by atoms with Gasteiger partial charge in [-0.25, -0.2) is 13.2 Å². The van der Waals surface area contributed by atoms with Gasteiger partial charge in [-0.15, -0.1) is 0 Å². The standard InChI is InChI=1S/C9H8F3NO/c1-5(14)13-4-7-8(11)2-6(10)3-9(7)12/h2-3H,4H2,1H3,(H,13,14). The van der Waals surface area contributed by atoms with E-state index in [1.165, 1.54) is 6.92 Å². The van der Waals surface area contributed by atoms with Gasteiger partial charge in [-0.05, 0) is 0 Å². The van der Waals surface area contributed by atoms with Crippen LogP contribution in [0.5, 0.6) is 0 Å². The minimum absolute atomic E-state index is 0.284. The minimum Gasteiger partial charge on any atom is -0.352 e. The average Bonchev–Trinajstić information content (AvgIpc) is 2.01. The number of nitrogens with one attached hydrogen (secondary N) is 1. The molecule has 0 fully saturated rings. The molecule has 1 N–H and O–H groups in total. The van der Waals surface area contributed by atoms with Crippen LogP contribution in [0.4, 0.5) is 13.2 Å². The van der Waals surface area contributed by atoms with Crippen molar-refractivity contribution in [3.8, 4) is 0 Å². The van der Waals surface area contributed by atoms with Crippen LogP contribution in [0.3, 0.4) is 0 Å². The first-order chi connectivity index (χ1) is 6.50. The fourth-order valence-corrected chi connectivity index (χ4v) is 0.954.